The first kappa shape index (κ1) is 39.0. The van der Waals surface area contributed by atoms with Gasteiger partial charge in [-0.1, -0.05) is 19.4 Å². The zero-order chi connectivity index (χ0) is 36.0. The van der Waals surface area contributed by atoms with Crippen molar-refractivity contribution in [2.75, 3.05) is 68.3 Å². The molecule has 1 aliphatic heterocycles. The third-order valence-electron chi connectivity index (χ3n) is 9.23. The molecular weight excluding hydrogens is 634 g/mol. The van der Waals surface area contributed by atoms with Crippen molar-refractivity contribution in [3.8, 4) is 34.8 Å². The summed E-state index contributed by atoms with van der Waals surface area (Å²) in [5, 5.41) is 21.9. The molecule has 0 spiro atoms. The van der Waals surface area contributed by atoms with Gasteiger partial charge in [0.25, 0.3) is 11.0 Å². The maximum Gasteiger partial charge on any atom is 0.294 e. The Hall–Kier alpha value is -4.48. The number of ether oxygens (including phenoxy) is 5. The van der Waals surface area contributed by atoms with Gasteiger partial charge in [-0.15, -0.1) is 10.1 Å². The minimum absolute atomic E-state index is 0.0359. The van der Waals surface area contributed by atoms with Gasteiger partial charge in [0, 0.05) is 19.1 Å². The molecule has 1 heterocycles. The van der Waals surface area contributed by atoms with Crippen molar-refractivity contribution in [1.82, 2.24) is 15.3 Å². The van der Waals surface area contributed by atoms with Crippen LogP contribution in [0.25, 0.3) is 0 Å². The lowest BCUT2D eigenvalue weighted by atomic mass is 9.74. The highest BCUT2D eigenvalue weighted by Crippen LogP contribution is 2.44. The third kappa shape index (κ3) is 10.5. The summed E-state index contributed by atoms with van der Waals surface area (Å²) in [4.78, 5) is 29.7. The number of nitrogens with zero attached hydrogens (tertiary/aromatic N) is 4. The first-order valence-corrected chi connectivity index (χ1v) is 16.6. The molecule has 270 valence electrons. The van der Waals surface area contributed by atoms with Crippen LogP contribution in [0.3, 0.4) is 0 Å². The summed E-state index contributed by atoms with van der Waals surface area (Å²) in [7, 11) is 8.33. The minimum atomic E-state index is -0.776. The van der Waals surface area contributed by atoms with E-state index in [4.69, 9.17) is 23.7 Å². The van der Waals surface area contributed by atoms with Gasteiger partial charge in [-0.25, -0.2) is 5.01 Å². The summed E-state index contributed by atoms with van der Waals surface area (Å²) in [6, 6.07) is 12.1. The number of nitriles is 1. The summed E-state index contributed by atoms with van der Waals surface area (Å²) in [5.41, 5.74) is 3.98. The molecular formula is C35H51N5O9. The van der Waals surface area contributed by atoms with Crippen LogP contribution < -0.4 is 29.1 Å². The first-order valence-electron chi connectivity index (χ1n) is 16.6. The van der Waals surface area contributed by atoms with Crippen molar-refractivity contribution in [3.05, 3.63) is 51.6 Å². The average Bonchev–Trinajstić information content (AvgIpc) is 3.11. The molecule has 1 amide bonds. The SMILES string of the molecule is CCCC(C#N)(CCCN(C)C(C)c1ccc(OCC(=O)NN2CCC(CO[N+](=O)[O-])CC2)c(OC)c1)c1cc(OC)c(OC)c(OC)c1. The van der Waals surface area contributed by atoms with Gasteiger partial charge in [0.1, 0.15) is 0 Å². The summed E-state index contributed by atoms with van der Waals surface area (Å²) in [5.74, 6) is 2.31. The quantitative estimate of drug-likeness (QED) is 0.146. The monoisotopic (exact) mass is 685 g/mol. The second-order valence-corrected chi connectivity index (χ2v) is 12.3. The number of nitrogens with one attached hydrogen (secondary N) is 1. The van der Waals surface area contributed by atoms with E-state index in [9.17, 15) is 20.2 Å². The molecule has 1 aliphatic rings. The molecule has 1 saturated heterocycles. The van der Waals surface area contributed by atoms with Crippen molar-refractivity contribution in [2.24, 2.45) is 5.92 Å². The Bertz CT molecular complexity index is 1400. The van der Waals surface area contributed by atoms with Gasteiger partial charge < -0.3 is 28.5 Å². The van der Waals surface area contributed by atoms with E-state index < -0.39 is 10.5 Å². The number of methoxy groups -OCH3 is 4. The second-order valence-electron chi connectivity index (χ2n) is 12.3. The Kier molecular flexibility index (Phi) is 15.0. The predicted molar refractivity (Wildman–Crippen MR) is 182 cm³/mol. The van der Waals surface area contributed by atoms with Crippen LogP contribution >= 0.6 is 0 Å². The zero-order valence-corrected chi connectivity index (χ0v) is 29.8. The van der Waals surface area contributed by atoms with Crippen LogP contribution in [0.4, 0.5) is 0 Å². The van der Waals surface area contributed by atoms with Gasteiger partial charge in [0.2, 0.25) is 5.75 Å². The molecule has 0 aromatic heterocycles. The Balaban J connectivity index is 1.58. The number of carbonyl (C=O) groups excluding carboxylic acids is 1. The van der Waals surface area contributed by atoms with Gasteiger partial charge in [-0.2, -0.15) is 5.26 Å². The van der Waals surface area contributed by atoms with Crippen LogP contribution in [0.1, 0.15) is 69.5 Å². The maximum absolute atomic E-state index is 12.6. The fourth-order valence-corrected chi connectivity index (χ4v) is 6.25. The van der Waals surface area contributed by atoms with Crippen molar-refractivity contribution < 1.29 is 38.4 Å². The van der Waals surface area contributed by atoms with Crippen molar-refractivity contribution in [3.63, 3.8) is 0 Å². The highest BCUT2D eigenvalue weighted by Gasteiger charge is 2.34. The molecule has 14 nitrogen and oxygen atoms in total. The van der Waals surface area contributed by atoms with Gasteiger partial charge in [-0.3, -0.25) is 15.1 Å². The molecule has 2 unspecified atom stereocenters. The summed E-state index contributed by atoms with van der Waals surface area (Å²) < 4.78 is 28.1. The van der Waals surface area contributed by atoms with Gasteiger partial charge in [0.15, 0.2) is 29.6 Å². The molecule has 0 bridgehead atoms. The van der Waals surface area contributed by atoms with Gasteiger partial charge in [0.05, 0.1) is 46.5 Å². The number of carbonyl (C=O) groups is 1. The predicted octanol–water partition coefficient (Wildman–Crippen LogP) is 5.09. The highest BCUT2D eigenvalue weighted by molar-refractivity contribution is 5.77. The molecule has 0 saturated carbocycles. The number of benzene rings is 2. The lowest BCUT2D eigenvalue weighted by molar-refractivity contribution is -0.759. The Labute approximate surface area is 289 Å². The zero-order valence-electron chi connectivity index (χ0n) is 29.8. The fraction of sp³-hybridized carbons (Fsp3) is 0.600. The molecule has 1 fully saturated rings. The van der Waals surface area contributed by atoms with E-state index in [1.165, 1.54) is 0 Å². The van der Waals surface area contributed by atoms with Crippen LogP contribution in [-0.4, -0.2) is 89.2 Å². The summed E-state index contributed by atoms with van der Waals surface area (Å²) in [6.07, 6.45) is 4.33. The minimum Gasteiger partial charge on any atom is -0.493 e. The van der Waals surface area contributed by atoms with E-state index >= 15 is 0 Å². The normalized spacial score (nSPS) is 15.4. The number of amides is 1. The largest absolute Gasteiger partial charge is 0.493 e. The van der Waals surface area contributed by atoms with Crippen molar-refractivity contribution in [1.29, 1.82) is 5.26 Å². The third-order valence-corrected chi connectivity index (χ3v) is 9.23. The van der Waals surface area contributed by atoms with Crippen molar-refractivity contribution in [2.45, 2.75) is 63.8 Å². The van der Waals surface area contributed by atoms with Crippen molar-refractivity contribution >= 4 is 5.91 Å². The molecule has 2 aromatic carbocycles. The lowest BCUT2D eigenvalue weighted by Gasteiger charge is -2.31. The lowest BCUT2D eigenvalue weighted by Crippen LogP contribution is -2.48. The molecule has 0 radical (unpaired) electrons. The molecule has 0 aliphatic carbocycles. The number of piperidine rings is 1. The number of hydrogen-bond donors (Lipinski definition) is 1. The van der Waals surface area contributed by atoms with Crippen LogP contribution in [0.5, 0.6) is 28.7 Å². The smallest absolute Gasteiger partial charge is 0.294 e. The van der Waals surface area contributed by atoms with E-state index in [0.29, 0.717) is 67.5 Å². The molecule has 1 N–H and O–H groups in total. The van der Waals surface area contributed by atoms with E-state index in [2.05, 4.69) is 42.1 Å². The molecule has 14 heteroatoms. The van der Waals surface area contributed by atoms with Crippen LogP contribution in [0.2, 0.25) is 0 Å². The van der Waals surface area contributed by atoms with Crippen LogP contribution in [0.15, 0.2) is 30.3 Å². The van der Waals surface area contributed by atoms with Crippen LogP contribution in [0, 0.1) is 27.4 Å². The average molecular weight is 686 g/mol. The fourth-order valence-electron chi connectivity index (χ4n) is 6.25. The molecule has 49 heavy (non-hydrogen) atoms. The summed E-state index contributed by atoms with van der Waals surface area (Å²) >= 11 is 0. The standard InChI is InChI=1S/C35H51N5O9/c1-8-14-35(24-36,28-20-31(45-5)34(47-7)32(21-28)46-6)15-9-16-38(3)25(2)27-10-11-29(30(19-27)44-4)48-23-33(41)37-39-17-12-26(13-18-39)22-49-40(42)43/h10-11,19-21,25-26H,8-9,12-18,22-23H2,1-7H3,(H,37,41). The van der Waals surface area contributed by atoms with Gasteiger partial charge >= 0.3 is 0 Å². The topological polar surface area (TPSA) is 158 Å². The van der Waals surface area contributed by atoms with Gasteiger partial charge in [-0.05, 0) is 93.9 Å². The molecule has 3 rings (SSSR count). The summed E-state index contributed by atoms with van der Waals surface area (Å²) in [6.45, 7) is 5.96. The number of hydrogen-bond acceptors (Lipinski definition) is 12. The second kappa shape index (κ2) is 18.9. The van der Waals surface area contributed by atoms with E-state index in [0.717, 1.165) is 30.5 Å². The number of hydrazine groups is 1. The molecule has 2 atom stereocenters. The van der Waals surface area contributed by atoms with E-state index in [1.54, 1.807) is 39.5 Å². The number of rotatable bonds is 20. The Morgan fingerprint density at radius 3 is 2.27 bits per heavy atom. The first-order chi connectivity index (χ1) is 23.5. The Morgan fingerprint density at radius 1 is 1.06 bits per heavy atom. The maximum atomic E-state index is 12.6. The van der Waals surface area contributed by atoms with Crippen LogP contribution in [-0.2, 0) is 15.0 Å². The van der Waals surface area contributed by atoms with E-state index in [1.807, 2.05) is 24.3 Å². The molecule has 2 aromatic rings. The highest BCUT2D eigenvalue weighted by atomic mass is 16.9. The Morgan fingerprint density at radius 2 is 1.71 bits per heavy atom. The van der Waals surface area contributed by atoms with E-state index in [-0.39, 0.29) is 31.1 Å².